The van der Waals surface area contributed by atoms with Crippen LogP contribution in [0.3, 0.4) is 0 Å². The van der Waals surface area contributed by atoms with Crippen LogP contribution in [0, 0.1) is 16.7 Å². The van der Waals surface area contributed by atoms with Crippen molar-refractivity contribution in [2.45, 2.75) is 19.4 Å². The fraction of sp³-hybridized carbons (Fsp3) is 0.333. The largest absolute Gasteiger partial charge is 0.352 e. The zero-order chi connectivity index (χ0) is 18.0. The molecule has 7 nitrogen and oxygen atoms in total. The number of nitrogens with zero attached hydrogens (tertiary/aromatic N) is 4. The van der Waals surface area contributed by atoms with Gasteiger partial charge in [-0.05, 0) is 24.5 Å². The van der Waals surface area contributed by atoms with Gasteiger partial charge in [-0.15, -0.1) is 0 Å². The predicted molar refractivity (Wildman–Crippen MR) is 95.4 cm³/mol. The molecule has 0 amide bonds. The number of aromatic nitrogens is 2. The third-order valence-corrected chi connectivity index (χ3v) is 4.46. The Morgan fingerprint density at radius 1 is 1.28 bits per heavy atom. The summed E-state index contributed by atoms with van der Waals surface area (Å²) in [5, 5.41) is 17.2. The quantitative estimate of drug-likeness (QED) is 0.907. The minimum atomic E-state index is -0.424. The number of nitriles is 1. The number of rotatable bonds is 3. The summed E-state index contributed by atoms with van der Waals surface area (Å²) in [7, 11) is 1.44. The van der Waals surface area contributed by atoms with E-state index in [1.807, 2.05) is 11.0 Å². The molecule has 3 rings (SSSR count). The summed E-state index contributed by atoms with van der Waals surface area (Å²) >= 11 is 0. The lowest BCUT2D eigenvalue weighted by atomic mass is 10.1. The van der Waals surface area contributed by atoms with Crippen LogP contribution in [0.4, 0.5) is 5.82 Å². The normalized spacial score (nSPS) is 14.4. The summed E-state index contributed by atoms with van der Waals surface area (Å²) in [6, 6.07) is 10.7. The highest BCUT2D eigenvalue weighted by molar-refractivity contribution is 5.86. The van der Waals surface area contributed by atoms with E-state index in [-0.39, 0.29) is 12.1 Å². The Morgan fingerprint density at radius 3 is 2.76 bits per heavy atom. The molecule has 1 aromatic carbocycles. The molecule has 0 bridgehead atoms. The summed E-state index contributed by atoms with van der Waals surface area (Å²) in [6.45, 7) is 1.30. The van der Waals surface area contributed by atoms with Crippen LogP contribution in [-0.4, -0.2) is 27.9 Å². The van der Waals surface area contributed by atoms with Crippen LogP contribution < -0.4 is 16.1 Å². The van der Waals surface area contributed by atoms with E-state index in [2.05, 4.69) is 6.07 Å². The fourth-order valence-electron chi connectivity index (χ4n) is 3.07. The maximum Gasteiger partial charge on any atom is 0.332 e. The van der Waals surface area contributed by atoms with E-state index >= 15 is 0 Å². The van der Waals surface area contributed by atoms with Gasteiger partial charge in [-0.2, -0.15) is 5.26 Å². The number of benzene rings is 1. The van der Waals surface area contributed by atoms with Gasteiger partial charge in [0.15, 0.2) is 0 Å². The van der Waals surface area contributed by atoms with Crippen LogP contribution in [-0.2, 0) is 13.6 Å². The molecule has 1 N–H and O–H groups in total. The molecule has 0 radical (unpaired) electrons. The third kappa shape index (κ3) is 3.24. The minimum absolute atomic E-state index is 0.204. The van der Waals surface area contributed by atoms with E-state index in [0.717, 1.165) is 23.0 Å². The lowest BCUT2D eigenvalue weighted by Crippen LogP contribution is -2.44. The van der Waals surface area contributed by atoms with Gasteiger partial charge in [-0.1, -0.05) is 18.2 Å². The van der Waals surface area contributed by atoms with E-state index in [0.29, 0.717) is 30.2 Å². The summed E-state index contributed by atoms with van der Waals surface area (Å²) < 4.78 is 2.57. The van der Waals surface area contributed by atoms with Crippen LogP contribution in [0.15, 0.2) is 39.9 Å². The van der Waals surface area contributed by atoms with Gasteiger partial charge in [0, 0.05) is 25.4 Å². The van der Waals surface area contributed by atoms with Gasteiger partial charge in [0.05, 0.1) is 24.7 Å². The average Bonchev–Trinajstić information content (AvgIpc) is 2.62. The van der Waals surface area contributed by atoms with Gasteiger partial charge >= 0.3 is 5.69 Å². The molecule has 2 aromatic rings. The molecule has 128 valence electrons. The van der Waals surface area contributed by atoms with Gasteiger partial charge in [0.2, 0.25) is 0 Å². The Morgan fingerprint density at radius 2 is 2.04 bits per heavy atom. The molecule has 1 saturated heterocycles. The van der Waals surface area contributed by atoms with Crippen LogP contribution in [0.1, 0.15) is 24.0 Å². The first-order valence-electron chi connectivity index (χ1n) is 8.11. The van der Waals surface area contributed by atoms with Crippen molar-refractivity contribution in [2.75, 3.05) is 18.0 Å². The second-order valence-corrected chi connectivity index (χ2v) is 6.17. The topological polar surface area (TPSA) is 94.9 Å². The van der Waals surface area contributed by atoms with Crippen LogP contribution in [0.25, 0.3) is 0 Å². The Labute approximate surface area is 144 Å². The highest BCUT2D eigenvalue weighted by Gasteiger charge is 2.20. The molecular formula is C18H19N5O2. The highest BCUT2D eigenvalue weighted by atomic mass is 16.2. The Balaban J connectivity index is 2.13. The fourth-order valence-corrected chi connectivity index (χ4v) is 3.07. The summed E-state index contributed by atoms with van der Waals surface area (Å²) in [5.41, 5.74) is 1.01. The van der Waals surface area contributed by atoms with Crippen LogP contribution in [0.5, 0.6) is 0 Å². The molecule has 1 aliphatic rings. The van der Waals surface area contributed by atoms with Crippen molar-refractivity contribution < 1.29 is 0 Å². The molecule has 1 fully saturated rings. The lowest BCUT2D eigenvalue weighted by Gasteiger charge is -2.31. The molecule has 0 saturated carbocycles. The van der Waals surface area contributed by atoms with Gasteiger partial charge in [-0.25, -0.2) is 4.79 Å². The molecule has 0 spiro atoms. The smallest absolute Gasteiger partial charge is 0.332 e. The van der Waals surface area contributed by atoms with Crippen molar-refractivity contribution >= 4 is 11.5 Å². The minimum Gasteiger partial charge on any atom is -0.352 e. The molecule has 2 heterocycles. The molecule has 7 heteroatoms. The van der Waals surface area contributed by atoms with Crippen molar-refractivity contribution in [2.24, 2.45) is 7.05 Å². The molecule has 0 unspecified atom stereocenters. The number of hydrogen-bond donors (Lipinski definition) is 1. The SMILES string of the molecule is Cn1c(=O)cc(N2CCCC(=N)C2)n(Cc2ccccc2C#N)c1=O. The molecule has 1 aromatic heterocycles. The Kier molecular flexibility index (Phi) is 4.52. The Bertz CT molecular complexity index is 980. The van der Waals surface area contributed by atoms with Crippen molar-refractivity contribution in [3.8, 4) is 6.07 Å². The molecule has 25 heavy (non-hydrogen) atoms. The number of hydrogen-bond acceptors (Lipinski definition) is 5. The second-order valence-electron chi connectivity index (χ2n) is 6.17. The summed E-state index contributed by atoms with van der Waals surface area (Å²) in [6.07, 6.45) is 1.56. The lowest BCUT2D eigenvalue weighted by molar-refractivity contribution is 0.618. The van der Waals surface area contributed by atoms with E-state index in [1.165, 1.54) is 17.7 Å². The summed E-state index contributed by atoms with van der Waals surface area (Å²) in [4.78, 5) is 26.7. The monoisotopic (exact) mass is 337 g/mol. The average molecular weight is 337 g/mol. The Hall–Kier alpha value is -3.14. The van der Waals surface area contributed by atoms with Gasteiger partial charge < -0.3 is 10.3 Å². The highest BCUT2D eigenvalue weighted by Crippen LogP contribution is 2.18. The first-order valence-corrected chi connectivity index (χ1v) is 8.11. The van der Waals surface area contributed by atoms with Crippen LogP contribution >= 0.6 is 0 Å². The first kappa shape index (κ1) is 16.7. The van der Waals surface area contributed by atoms with Gasteiger partial charge in [-0.3, -0.25) is 13.9 Å². The standard InChI is InChI=1S/C18H19N5O2/c1-21-17(24)9-16(22-8-4-7-15(20)12-22)23(18(21)25)11-14-6-3-2-5-13(14)10-19/h2-3,5-6,9,20H,4,7-8,11-12H2,1H3. The van der Waals surface area contributed by atoms with Gasteiger partial charge in [0.1, 0.15) is 5.82 Å². The van der Waals surface area contributed by atoms with Crippen LogP contribution in [0.2, 0.25) is 0 Å². The number of anilines is 1. The third-order valence-electron chi connectivity index (χ3n) is 4.46. The maximum atomic E-state index is 12.7. The van der Waals surface area contributed by atoms with E-state index in [1.54, 1.807) is 18.2 Å². The first-order chi connectivity index (χ1) is 12.0. The zero-order valence-corrected chi connectivity index (χ0v) is 14.0. The van der Waals surface area contributed by atoms with E-state index in [9.17, 15) is 14.9 Å². The summed E-state index contributed by atoms with van der Waals surface area (Å²) in [5.74, 6) is 0.505. The molecular weight excluding hydrogens is 318 g/mol. The van der Waals surface area contributed by atoms with E-state index in [4.69, 9.17) is 5.41 Å². The second kappa shape index (κ2) is 6.77. The molecule has 0 aliphatic carbocycles. The predicted octanol–water partition coefficient (Wildman–Crippen LogP) is 1.09. The van der Waals surface area contributed by atoms with Crippen molar-refractivity contribution in [1.29, 1.82) is 10.7 Å². The molecule has 1 aliphatic heterocycles. The number of nitrogens with one attached hydrogen (secondary N) is 1. The van der Waals surface area contributed by atoms with Crippen molar-refractivity contribution in [1.82, 2.24) is 9.13 Å². The number of piperidine rings is 1. The van der Waals surface area contributed by atoms with Gasteiger partial charge in [0.25, 0.3) is 5.56 Å². The molecule has 0 atom stereocenters. The van der Waals surface area contributed by atoms with Crippen molar-refractivity contribution in [3.05, 3.63) is 62.3 Å². The van der Waals surface area contributed by atoms with E-state index < -0.39 is 5.69 Å². The maximum absolute atomic E-state index is 12.7. The van der Waals surface area contributed by atoms with Crippen molar-refractivity contribution in [3.63, 3.8) is 0 Å². The zero-order valence-electron chi connectivity index (χ0n) is 14.0.